The predicted octanol–water partition coefficient (Wildman–Crippen LogP) is 5.56. The van der Waals surface area contributed by atoms with Gasteiger partial charge in [-0.3, -0.25) is 0 Å². The van der Waals surface area contributed by atoms with Crippen LogP contribution in [0.2, 0.25) is 0 Å². The average molecular weight is 469 g/mol. The Hall–Kier alpha value is -3.80. The highest BCUT2D eigenvalue weighted by molar-refractivity contribution is 5.68. The molecule has 0 saturated heterocycles. The summed E-state index contributed by atoms with van der Waals surface area (Å²) >= 11 is 0. The fourth-order valence-corrected chi connectivity index (χ4v) is 4.71. The van der Waals surface area contributed by atoms with Gasteiger partial charge in [0.15, 0.2) is 0 Å². The first-order valence-corrected chi connectivity index (χ1v) is 11.7. The van der Waals surface area contributed by atoms with E-state index in [1.165, 1.54) is 5.56 Å². The molecular formula is C30H28O5. The molecule has 1 aliphatic rings. The van der Waals surface area contributed by atoms with E-state index in [0.717, 1.165) is 22.3 Å². The molecular weight excluding hydrogens is 440 g/mol. The molecule has 1 heterocycles. The number of aliphatic hydroxyl groups excluding tert-OH is 2. The summed E-state index contributed by atoms with van der Waals surface area (Å²) in [5.41, 5.74) is 5.04. The molecule has 0 aliphatic carbocycles. The number of ether oxygens (including phenoxy) is 3. The Morgan fingerprint density at radius 1 is 0.657 bits per heavy atom. The first kappa shape index (κ1) is 23.0. The Labute approximate surface area is 205 Å². The molecule has 0 radical (unpaired) electrons. The van der Waals surface area contributed by atoms with Gasteiger partial charge >= 0.3 is 0 Å². The van der Waals surface area contributed by atoms with Crippen molar-refractivity contribution >= 4 is 0 Å². The standard InChI is InChI=1S/C30H28O5/c1-30(23-9-7-22(8-10-23)21-5-3-2-4-6-21)26-13-11-24(33-17-15-31)19-28(26)35-29-20-25(34-18-16-32)12-14-27(29)30/h2-14,19-20,31-32H,15-18H2,1H3. The van der Waals surface area contributed by atoms with Gasteiger partial charge in [-0.15, -0.1) is 0 Å². The van der Waals surface area contributed by atoms with Crippen LogP contribution in [0.1, 0.15) is 23.6 Å². The number of fused-ring (bicyclic) bond motifs is 2. The molecule has 178 valence electrons. The predicted molar refractivity (Wildman–Crippen MR) is 136 cm³/mol. The van der Waals surface area contributed by atoms with Crippen LogP contribution >= 0.6 is 0 Å². The minimum Gasteiger partial charge on any atom is -0.491 e. The second kappa shape index (κ2) is 9.82. The van der Waals surface area contributed by atoms with Gasteiger partial charge in [0.1, 0.15) is 36.2 Å². The lowest BCUT2D eigenvalue weighted by molar-refractivity contribution is 0.200. The molecule has 2 N–H and O–H groups in total. The van der Waals surface area contributed by atoms with Crippen molar-refractivity contribution in [2.24, 2.45) is 0 Å². The topological polar surface area (TPSA) is 68.2 Å². The van der Waals surface area contributed by atoms with Crippen molar-refractivity contribution in [1.82, 2.24) is 0 Å². The number of hydrogen-bond donors (Lipinski definition) is 2. The monoisotopic (exact) mass is 468 g/mol. The zero-order chi connectivity index (χ0) is 24.3. The number of aliphatic hydroxyl groups is 2. The molecule has 0 aromatic heterocycles. The van der Waals surface area contributed by atoms with Crippen LogP contribution in [0.3, 0.4) is 0 Å². The van der Waals surface area contributed by atoms with Gasteiger partial charge in [-0.2, -0.15) is 0 Å². The molecule has 5 nitrogen and oxygen atoms in total. The summed E-state index contributed by atoms with van der Waals surface area (Å²) in [5.74, 6) is 2.66. The lowest BCUT2D eigenvalue weighted by atomic mass is 9.69. The highest BCUT2D eigenvalue weighted by atomic mass is 16.5. The van der Waals surface area contributed by atoms with E-state index < -0.39 is 5.41 Å². The first-order chi connectivity index (χ1) is 17.1. The third-order valence-corrected chi connectivity index (χ3v) is 6.49. The Morgan fingerprint density at radius 3 is 1.69 bits per heavy atom. The van der Waals surface area contributed by atoms with Crippen molar-refractivity contribution in [2.45, 2.75) is 12.3 Å². The Morgan fingerprint density at radius 2 is 1.17 bits per heavy atom. The van der Waals surface area contributed by atoms with Crippen LogP contribution in [-0.4, -0.2) is 36.6 Å². The van der Waals surface area contributed by atoms with Crippen molar-refractivity contribution in [3.05, 3.63) is 108 Å². The third-order valence-electron chi connectivity index (χ3n) is 6.49. The van der Waals surface area contributed by atoms with E-state index in [9.17, 15) is 0 Å². The summed E-state index contributed by atoms with van der Waals surface area (Å²) in [4.78, 5) is 0. The molecule has 0 spiro atoms. The SMILES string of the molecule is CC1(c2ccc(-c3ccccc3)cc2)c2ccc(OCCO)cc2Oc2cc(OCCO)ccc21. The zero-order valence-corrected chi connectivity index (χ0v) is 19.6. The van der Waals surface area contributed by atoms with E-state index in [0.29, 0.717) is 23.0 Å². The molecule has 4 aromatic carbocycles. The van der Waals surface area contributed by atoms with Gasteiger partial charge in [0, 0.05) is 28.7 Å². The lowest BCUT2D eigenvalue weighted by Gasteiger charge is -2.38. The second-order valence-corrected chi connectivity index (χ2v) is 8.63. The number of hydrogen-bond acceptors (Lipinski definition) is 5. The van der Waals surface area contributed by atoms with Crippen molar-refractivity contribution < 1.29 is 24.4 Å². The minimum atomic E-state index is -0.483. The summed E-state index contributed by atoms with van der Waals surface area (Å²) in [5, 5.41) is 18.3. The normalized spacial score (nSPS) is 13.3. The zero-order valence-electron chi connectivity index (χ0n) is 19.6. The molecule has 0 fully saturated rings. The molecule has 0 bridgehead atoms. The van der Waals surface area contributed by atoms with E-state index in [-0.39, 0.29) is 26.4 Å². The van der Waals surface area contributed by atoms with Crippen LogP contribution in [0.5, 0.6) is 23.0 Å². The fourth-order valence-electron chi connectivity index (χ4n) is 4.71. The van der Waals surface area contributed by atoms with Crippen LogP contribution in [0.25, 0.3) is 11.1 Å². The van der Waals surface area contributed by atoms with Gasteiger partial charge in [0.05, 0.1) is 13.2 Å². The molecule has 35 heavy (non-hydrogen) atoms. The molecule has 0 saturated carbocycles. The van der Waals surface area contributed by atoms with Gasteiger partial charge in [-0.25, -0.2) is 0 Å². The molecule has 0 atom stereocenters. The smallest absolute Gasteiger partial charge is 0.135 e. The first-order valence-electron chi connectivity index (χ1n) is 11.7. The average Bonchev–Trinajstić information content (AvgIpc) is 2.91. The van der Waals surface area contributed by atoms with Crippen LogP contribution in [0, 0.1) is 0 Å². The van der Waals surface area contributed by atoms with E-state index in [1.807, 2.05) is 54.6 Å². The largest absolute Gasteiger partial charge is 0.491 e. The van der Waals surface area contributed by atoms with Crippen molar-refractivity contribution in [1.29, 1.82) is 0 Å². The van der Waals surface area contributed by atoms with Crippen LogP contribution in [0.15, 0.2) is 91.0 Å². The maximum Gasteiger partial charge on any atom is 0.135 e. The number of rotatable bonds is 8. The van der Waals surface area contributed by atoms with Crippen LogP contribution in [0.4, 0.5) is 0 Å². The summed E-state index contributed by atoms with van der Waals surface area (Å²) in [6, 6.07) is 30.6. The van der Waals surface area contributed by atoms with Crippen LogP contribution < -0.4 is 14.2 Å². The Balaban J connectivity index is 1.61. The Bertz CT molecular complexity index is 1240. The van der Waals surface area contributed by atoms with E-state index >= 15 is 0 Å². The summed E-state index contributed by atoms with van der Waals surface area (Å²) in [7, 11) is 0. The van der Waals surface area contributed by atoms with Gasteiger partial charge in [-0.1, -0.05) is 66.7 Å². The van der Waals surface area contributed by atoms with Gasteiger partial charge < -0.3 is 24.4 Å². The minimum absolute atomic E-state index is 0.0577. The van der Waals surface area contributed by atoms with Crippen molar-refractivity contribution in [3.8, 4) is 34.1 Å². The van der Waals surface area contributed by atoms with Gasteiger partial charge in [-0.05, 0) is 35.7 Å². The summed E-state index contributed by atoms with van der Waals surface area (Å²) in [6.07, 6.45) is 0. The fraction of sp³-hybridized carbons (Fsp3) is 0.200. The summed E-state index contributed by atoms with van der Waals surface area (Å²) in [6.45, 7) is 2.52. The van der Waals surface area contributed by atoms with Crippen molar-refractivity contribution in [2.75, 3.05) is 26.4 Å². The van der Waals surface area contributed by atoms with E-state index in [4.69, 9.17) is 24.4 Å². The van der Waals surface area contributed by atoms with Gasteiger partial charge in [0.25, 0.3) is 0 Å². The molecule has 0 unspecified atom stereocenters. The number of benzene rings is 4. The molecule has 0 amide bonds. The molecule has 1 aliphatic heterocycles. The maximum atomic E-state index is 9.15. The maximum absolute atomic E-state index is 9.15. The van der Waals surface area contributed by atoms with Crippen LogP contribution in [-0.2, 0) is 5.41 Å². The van der Waals surface area contributed by atoms with E-state index in [1.54, 1.807) is 0 Å². The van der Waals surface area contributed by atoms with E-state index in [2.05, 4.69) is 43.3 Å². The van der Waals surface area contributed by atoms with Crippen molar-refractivity contribution in [3.63, 3.8) is 0 Å². The molecule has 5 rings (SSSR count). The van der Waals surface area contributed by atoms with Gasteiger partial charge in [0.2, 0.25) is 0 Å². The quantitative estimate of drug-likeness (QED) is 0.355. The Kier molecular flexibility index (Phi) is 6.45. The highest BCUT2D eigenvalue weighted by Crippen LogP contribution is 2.53. The third kappa shape index (κ3) is 4.36. The second-order valence-electron chi connectivity index (χ2n) is 8.63. The highest BCUT2D eigenvalue weighted by Gasteiger charge is 2.40. The molecule has 4 aromatic rings. The summed E-state index contributed by atoms with van der Waals surface area (Å²) < 4.78 is 17.6. The molecule has 5 heteroatoms. The lowest BCUT2D eigenvalue weighted by Crippen LogP contribution is -2.29.